The van der Waals surface area contributed by atoms with Crippen molar-refractivity contribution in [2.24, 2.45) is 5.41 Å². The average molecular weight is 259 g/mol. The summed E-state index contributed by atoms with van der Waals surface area (Å²) in [6.45, 7) is 7.01. The Morgan fingerprint density at radius 1 is 1.16 bits per heavy atom. The number of hydrogen-bond donors (Lipinski definition) is 1. The van der Waals surface area contributed by atoms with E-state index < -0.39 is 0 Å². The van der Waals surface area contributed by atoms with E-state index in [1.54, 1.807) is 0 Å². The van der Waals surface area contributed by atoms with Gasteiger partial charge >= 0.3 is 0 Å². The lowest BCUT2D eigenvalue weighted by Gasteiger charge is -2.30. The van der Waals surface area contributed by atoms with Crippen LogP contribution < -0.4 is 0 Å². The van der Waals surface area contributed by atoms with E-state index in [1.807, 2.05) is 6.07 Å². The summed E-state index contributed by atoms with van der Waals surface area (Å²) in [7, 11) is 0. The quantitative estimate of drug-likeness (QED) is 0.837. The minimum atomic E-state index is -0.294. The molecular weight excluding hydrogens is 234 g/mol. The summed E-state index contributed by atoms with van der Waals surface area (Å²) in [6, 6.07) is 8.67. The highest BCUT2D eigenvalue weighted by atomic mass is 16.3. The van der Waals surface area contributed by atoms with Crippen LogP contribution >= 0.6 is 0 Å². The van der Waals surface area contributed by atoms with E-state index in [9.17, 15) is 5.11 Å². The van der Waals surface area contributed by atoms with Crippen molar-refractivity contribution in [1.82, 2.24) is 4.90 Å². The van der Waals surface area contributed by atoms with Crippen LogP contribution in [0.3, 0.4) is 0 Å². The van der Waals surface area contributed by atoms with Gasteiger partial charge in [-0.1, -0.05) is 38.1 Å². The van der Waals surface area contributed by atoms with Crippen LogP contribution in [0.5, 0.6) is 0 Å². The fraction of sp³-hybridized carbons (Fsp3) is 0.647. The molecule has 1 aromatic rings. The number of aliphatic hydroxyl groups is 1. The van der Waals surface area contributed by atoms with E-state index in [1.165, 1.54) is 24.8 Å². The SMILES string of the molecule is CC1(C)CCCN(C2Cc3ccccc3C2O)CC1. The van der Waals surface area contributed by atoms with Crippen molar-refractivity contribution in [3.05, 3.63) is 35.4 Å². The number of nitrogens with zero attached hydrogens (tertiary/aromatic N) is 1. The third kappa shape index (κ3) is 2.56. The molecule has 1 heterocycles. The van der Waals surface area contributed by atoms with Gasteiger partial charge in [-0.3, -0.25) is 4.90 Å². The van der Waals surface area contributed by atoms with Gasteiger partial charge in [0.15, 0.2) is 0 Å². The van der Waals surface area contributed by atoms with Gasteiger partial charge in [0, 0.05) is 6.04 Å². The second kappa shape index (κ2) is 4.92. The van der Waals surface area contributed by atoms with Crippen LogP contribution in [-0.4, -0.2) is 29.1 Å². The molecule has 19 heavy (non-hydrogen) atoms. The monoisotopic (exact) mass is 259 g/mol. The summed E-state index contributed by atoms with van der Waals surface area (Å²) in [5, 5.41) is 10.6. The molecule has 0 bridgehead atoms. The topological polar surface area (TPSA) is 23.5 Å². The number of aliphatic hydroxyl groups excluding tert-OH is 1. The van der Waals surface area contributed by atoms with Crippen LogP contribution in [0, 0.1) is 5.41 Å². The first-order valence-electron chi connectivity index (χ1n) is 7.57. The van der Waals surface area contributed by atoms with Crippen molar-refractivity contribution >= 4 is 0 Å². The van der Waals surface area contributed by atoms with Crippen LogP contribution in [0.25, 0.3) is 0 Å². The van der Waals surface area contributed by atoms with Gasteiger partial charge in [-0.15, -0.1) is 0 Å². The number of benzene rings is 1. The van der Waals surface area contributed by atoms with Crippen LogP contribution in [0.15, 0.2) is 24.3 Å². The molecular formula is C17H25NO. The smallest absolute Gasteiger partial charge is 0.0951 e. The molecule has 2 heteroatoms. The fourth-order valence-electron chi connectivity index (χ4n) is 3.66. The van der Waals surface area contributed by atoms with Gasteiger partial charge in [-0.05, 0) is 55.3 Å². The molecule has 2 aliphatic rings. The Bertz CT molecular complexity index is 454. The predicted molar refractivity (Wildman–Crippen MR) is 78.1 cm³/mol. The van der Waals surface area contributed by atoms with E-state index >= 15 is 0 Å². The zero-order valence-corrected chi connectivity index (χ0v) is 12.1. The first-order chi connectivity index (χ1) is 9.07. The van der Waals surface area contributed by atoms with E-state index in [4.69, 9.17) is 0 Å². The third-order valence-corrected chi connectivity index (χ3v) is 5.01. The fourth-order valence-corrected chi connectivity index (χ4v) is 3.66. The van der Waals surface area contributed by atoms with Crippen LogP contribution in [-0.2, 0) is 6.42 Å². The third-order valence-electron chi connectivity index (χ3n) is 5.01. The van der Waals surface area contributed by atoms with Crippen molar-refractivity contribution in [2.75, 3.05) is 13.1 Å². The Morgan fingerprint density at radius 3 is 2.74 bits per heavy atom. The lowest BCUT2D eigenvalue weighted by Crippen LogP contribution is -2.39. The van der Waals surface area contributed by atoms with Crippen molar-refractivity contribution < 1.29 is 5.11 Å². The molecule has 1 aromatic carbocycles. The second-order valence-corrected chi connectivity index (χ2v) is 6.97. The molecule has 1 saturated heterocycles. The highest BCUT2D eigenvalue weighted by Crippen LogP contribution is 2.37. The highest BCUT2D eigenvalue weighted by Gasteiger charge is 2.36. The normalized spacial score (nSPS) is 30.9. The molecule has 2 nitrogen and oxygen atoms in total. The number of hydrogen-bond acceptors (Lipinski definition) is 2. The van der Waals surface area contributed by atoms with E-state index in [0.717, 1.165) is 25.1 Å². The predicted octanol–water partition coefficient (Wildman–Crippen LogP) is 3.16. The highest BCUT2D eigenvalue weighted by molar-refractivity contribution is 5.35. The number of rotatable bonds is 1. The Balaban J connectivity index is 1.75. The van der Waals surface area contributed by atoms with E-state index in [0.29, 0.717) is 11.5 Å². The van der Waals surface area contributed by atoms with Gasteiger partial charge in [-0.2, -0.15) is 0 Å². The first-order valence-corrected chi connectivity index (χ1v) is 7.57. The Morgan fingerprint density at radius 2 is 1.95 bits per heavy atom. The molecule has 1 fully saturated rings. The van der Waals surface area contributed by atoms with Crippen LogP contribution in [0.2, 0.25) is 0 Å². The Hall–Kier alpha value is -0.860. The van der Waals surface area contributed by atoms with Gasteiger partial charge in [0.1, 0.15) is 0 Å². The minimum Gasteiger partial charge on any atom is -0.387 e. The summed E-state index contributed by atoms with van der Waals surface area (Å²) in [6.07, 6.45) is 4.52. The molecule has 0 aromatic heterocycles. The van der Waals surface area contributed by atoms with Gasteiger partial charge in [-0.25, -0.2) is 0 Å². The molecule has 0 spiro atoms. The van der Waals surface area contributed by atoms with Gasteiger partial charge in [0.05, 0.1) is 6.10 Å². The lowest BCUT2D eigenvalue weighted by atomic mass is 9.85. The standard InChI is InChI=1S/C17H25NO/c1-17(2)8-5-10-18(11-9-17)15-12-13-6-3-4-7-14(13)16(15)19/h3-4,6-7,15-16,19H,5,8-12H2,1-2H3. The van der Waals surface area contributed by atoms with Gasteiger partial charge in [0.25, 0.3) is 0 Å². The maximum Gasteiger partial charge on any atom is 0.0951 e. The molecule has 0 radical (unpaired) electrons. The maximum atomic E-state index is 10.6. The average Bonchev–Trinajstić information content (AvgIpc) is 2.60. The molecule has 104 valence electrons. The molecule has 1 aliphatic carbocycles. The summed E-state index contributed by atoms with van der Waals surface area (Å²) < 4.78 is 0. The largest absolute Gasteiger partial charge is 0.387 e. The van der Waals surface area contributed by atoms with E-state index in [2.05, 4.69) is 36.9 Å². The van der Waals surface area contributed by atoms with Gasteiger partial charge in [0.2, 0.25) is 0 Å². The second-order valence-electron chi connectivity index (χ2n) is 6.97. The summed E-state index contributed by atoms with van der Waals surface area (Å²) >= 11 is 0. The summed E-state index contributed by atoms with van der Waals surface area (Å²) in [4.78, 5) is 2.53. The molecule has 2 unspecified atom stereocenters. The first kappa shape index (κ1) is 13.1. The Labute approximate surface area is 116 Å². The maximum absolute atomic E-state index is 10.6. The van der Waals surface area contributed by atoms with Crippen LogP contribution in [0.4, 0.5) is 0 Å². The molecule has 0 amide bonds. The zero-order valence-electron chi connectivity index (χ0n) is 12.1. The van der Waals surface area contributed by atoms with Crippen molar-refractivity contribution in [3.8, 4) is 0 Å². The number of likely N-dealkylation sites (tertiary alicyclic amines) is 1. The lowest BCUT2D eigenvalue weighted by molar-refractivity contribution is 0.0609. The van der Waals surface area contributed by atoms with E-state index in [-0.39, 0.29) is 6.10 Å². The van der Waals surface area contributed by atoms with Crippen molar-refractivity contribution in [2.45, 2.75) is 51.7 Å². The summed E-state index contributed by atoms with van der Waals surface area (Å²) in [5.74, 6) is 0. The molecule has 3 rings (SSSR count). The zero-order chi connectivity index (χ0) is 13.5. The van der Waals surface area contributed by atoms with Crippen molar-refractivity contribution in [3.63, 3.8) is 0 Å². The van der Waals surface area contributed by atoms with Gasteiger partial charge < -0.3 is 5.11 Å². The molecule has 2 atom stereocenters. The molecule has 1 aliphatic heterocycles. The van der Waals surface area contributed by atoms with Crippen molar-refractivity contribution in [1.29, 1.82) is 0 Å². The van der Waals surface area contributed by atoms with Crippen LogP contribution in [0.1, 0.15) is 50.3 Å². The number of fused-ring (bicyclic) bond motifs is 1. The molecule has 0 saturated carbocycles. The minimum absolute atomic E-state index is 0.294. The summed E-state index contributed by atoms with van der Waals surface area (Å²) in [5.41, 5.74) is 2.95. The molecule has 1 N–H and O–H groups in total. The Kier molecular flexibility index (Phi) is 3.40.